The number of aryl methyl sites for hydroxylation is 1. The first-order valence-electron chi connectivity index (χ1n) is 7.26. The molecule has 0 unspecified atom stereocenters. The molecule has 0 saturated carbocycles. The third-order valence-electron chi connectivity index (χ3n) is 3.08. The van der Waals surface area contributed by atoms with Crippen molar-refractivity contribution in [1.82, 2.24) is 15.1 Å². The highest BCUT2D eigenvalue weighted by Gasteiger charge is 2.16. The number of hydrogen-bond acceptors (Lipinski definition) is 4. The number of rotatable bonds is 8. The summed E-state index contributed by atoms with van der Waals surface area (Å²) in [6, 6.07) is 5.63. The fraction of sp³-hybridized carbons (Fsp3) is 0.467. The van der Waals surface area contributed by atoms with E-state index in [1.165, 1.54) is 11.3 Å². The number of aromatic nitrogens is 2. The van der Waals surface area contributed by atoms with E-state index in [9.17, 15) is 4.79 Å². The first-order valence-corrected chi connectivity index (χ1v) is 8.45. The summed E-state index contributed by atoms with van der Waals surface area (Å²) in [6.07, 6.45) is 1.73. The SMILES string of the molecule is CCCn1nc(C(=O)NCCCOC)cc1-c1ccc(Cl)s1. The number of carbonyl (C=O) groups is 1. The minimum absolute atomic E-state index is 0.158. The van der Waals surface area contributed by atoms with Crippen LogP contribution in [0.15, 0.2) is 18.2 Å². The molecule has 0 aliphatic heterocycles. The molecule has 0 aromatic carbocycles. The number of amides is 1. The smallest absolute Gasteiger partial charge is 0.271 e. The second-order valence-electron chi connectivity index (χ2n) is 4.84. The van der Waals surface area contributed by atoms with Gasteiger partial charge in [0.15, 0.2) is 5.69 Å². The van der Waals surface area contributed by atoms with Gasteiger partial charge in [0.2, 0.25) is 0 Å². The Hall–Kier alpha value is -1.37. The fourth-order valence-corrected chi connectivity index (χ4v) is 3.13. The Morgan fingerprint density at radius 1 is 1.50 bits per heavy atom. The lowest BCUT2D eigenvalue weighted by Crippen LogP contribution is -2.25. The molecule has 7 heteroatoms. The van der Waals surface area contributed by atoms with Gasteiger partial charge in [-0.05, 0) is 31.0 Å². The van der Waals surface area contributed by atoms with Gasteiger partial charge in [0.25, 0.3) is 5.91 Å². The van der Waals surface area contributed by atoms with E-state index >= 15 is 0 Å². The number of nitrogens with one attached hydrogen (secondary N) is 1. The molecule has 2 aromatic heterocycles. The van der Waals surface area contributed by atoms with Crippen LogP contribution in [0.1, 0.15) is 30.3 Å². The average molecular weight is 342 g/mol. The Kier molecular flexibility index (Phi) is 6.42. The minimum atomic E-state index is -0.158. The highest BCUT2D eigenvalue weighted by Crippen LogP contribution is 2.31. The molecule has 0 aliphatic rings. The highest BCUT2D eigenvalue weighted by atomic mass is 35.5. The van der Waals surface area contributed by atoms with Crippen molar-refractivity contribution in [3.05, 3.63) is 28.2 Å². The van der Waals surface area contributed by atoms with Crippen LogP contribution in [0, 0.1) is 0 Å². The zero-order valence-corrected chi connectivity index (χ0v) is 14.3. The molecule has 1 amide bonds. The van der Waals surface area contributed by atoms with E-state index in [0.717, 1.165) is 34.3 Å². The predicted octanol–water partition coefficient (Wildman–Crippen LogP) is 3.44. The minimum Gasteiger partial charge on any atom is -0.385 e. The largest absolute Gasteiger partial charge is 0.385 e. The van der Waals surface area contributed by atoms with E-state index in [1.54, 1.807) is 7.11 Å². The molecule has 2 rings (SSSR count). The molecular weight excluding hydrogens is 322 g/mol. The van der Waals surface area contributed by atoms with E-state index in [2.05, 4.69) is 17.3 Å². The lowest BCUT2D eigenvalue weighted by molar-refractivity contribution is 0.0942. The van der Waals surface area contributed by atoms with Crippen molar-refractivity contribution in [2.75, 3.05) is 20.3 Å². The van der Waals surface area contributed by atoms with Gasteiger partial charge in [-0.1, -0.05) is 18.5 Å². The van der Waals surface area contributed by atoms with E-state index in [0.29, 0.717) is 18.8 Å². The van der Waals surface area contributed by atoms with Gasteiger partial charge >= 0.3 is 0 Å². The van der Waals surface area contributed by atoms with Crippen LogP contribution < -0.4 is 5.32 Å². The molecule has 2 heterocycles. The number of carbonyl (C=O) groups excluding carboxylic acids is 1. The van der Waals surface area contributed by atoms with Gasteiger partial charge < -0.3 is 10.1 Å². The Morgan fingerprint density at radius 2 is 2.32 bits per heavy atom. The lowest BCUT2D eigenvalue weighted by atomic mass is 10.3. The second kappa shape index (κ2) is 8.31. The molecule has 22 heavy (non-hydrogen) atoms. The summed E-state index contributed by atoms with van der Waals surface area (Å²) in [5.41, 5.74) is 1.37. The summed E-state index contributed by atoms with van der Waals surface area (Å²) in [7, 11) is 1.65. The number of hydrogen-bond donors (Lipinski definition) is 1. The summed E-state index contributed by atoms with van der Waals surface area (Å²) in [5.74, 6) is -0.158. The summed E-state index contributed by atoms with van der Waals surface area (Å²) in [6.45, 7) is 4.05. The van der Waals surface area contributed by atoms with Crippen LogP contribution in [0.25, 0.3) is 10.6 Å². The lowest BCUT2D eigenvalue weighted by Gasteiger charge is -2.03. The zero-order valence-electron chi connectivity index (χ0n) is 12.8. The number of nitrogens with zero attached hydrogens (tertiary/aromatic N) is 2. The maximum Gasteiger partial charge on any atom is 0.271 e. The van der Waals surface area contributed by atoms with Gasteiger partial charge in [0, 0.05) is 26.8 Å². The van der Waals surface area contributed by atoms with E-state index in [1.807, 2.05) is 22.9 Å². The predicted molar refractivity (Wildman–Crippen MR) is 89.7 cm³/mol. The first kappa shape index (κ1) is 17.0. The summed E-state index contributed by atoms with van der Waals surface area (Å²) < 4.78 is 7.56. The monoisotopic (exact) mass is 341 g/mol. The first-order chi connectivity index (χ1) is 10.7. The van der Waals surface area contributed by atoms with Crippen molar-refractivity contribution in [3.8, 4) is 10.6 Å². The van der Waals surface area contributed by atoms with Crippen LogP contribution in [0.5, 0.6) is 0 Å². The van der Waals surface area contributed by atoms with Gasteiger partial charge in [0.05, 0.1) is 14.9 Å². The van der Waals surface area contributed by atoms with Crippen LogP contribution in [-0.4, -0.2) is 35.9 Å². The van der Waals surface area contributed by atoms with E-state index < -0.39 is 0 Å². The fourth-order valence-electron chi connectivity index (χ4n) is 2.07. The summed E-state index contributed by atoms with van der Waals surface area (Å²) in [4.78, 5) is 13.2. The standard InChI is InChI=1S/C15H20ClN3O2S/c1-3-8-19-12(13-5-6-14(16)22-13)10-11(18-19)15(20)17-7-4-9-21-2/h5-6,10H,3-4,7-9H2,1-2H3,(H,17,20). The Balaban J connectivity index is 2.14. The van der Waals surface area contributed by atoms with Gasteiger partial charge in [-0.25, -0.2) is 0 Å². The zero-order chi connectivity index (χ0) is 15.9. The van der Waals surface area contributed by atoms with Crippen LogP contribution in [0.4, 0.5) is 0 Å². The topological polar surface area (TPSA) is 56.2 Å². The van der Waals surface area contributed by atoms with Crippen LogP contribution >= 0.6 is 22.9 Å². The Labute approximate surface area is 139 Å². The van der Waals surface area contributed by atoms with Gasteiger partial charge in [-0.15, -0.1) is 11.3 Å². The molecule has 0 atom stereocenters. The van der Waals surface area contributed by atoms with Gasteiger partial charge in [-0.2, -0.15) is 5.10 Å². The molecule has 0 spiro atoms. The molecule has 120 valence electrons. The van der Waals surface area contributed by atoms with E-state index in [-0.39, 0.29) is 5.91 Å². The number of thiophene rings is 1. The molecule has 2 aromatic rings. The summed E-state index contributed by atoms with van der Waals surface area (Å²) in [5, 5.41) is 7.28. The maximum atomic E-state index is 12.2. The second-order valence-corrected chi connectivity index (χ2v) is 6.56. The molecule has 0 aliphatic carbocycles. The van der Waals surface area contributed by atoms with Gasteiger partial charge in [0.1, 0.15) is 0 Å². The summed E-state index contributed by atoms with van der Waals surface area (Å²) >= 11 is 7.49. The molecule has 5 nitrogen and oxygen atoms in total. The van der Waals surface area contributed by atoms with Crippen LogP contribution in [0.3, 0.4) is 0 Å². The van der Waals surface area contributed by atoms with Crippen LogP contribution in [0.2, 0.25) is 4.34 Å². The normalized spacial score (nSPS) is 10.9. The Morgan fingerprint density at radius 3 is 2.95 bits per heavy atom. The molecule has 0 saturated heterocycles. The van der Waals surface area contributed by atoms with E-state index in [4.69, 9.17) is 16.3 Å². The third-order valence-corrected chi connectivity index (χ3v) is 4.34. The molecule has 0 radical (unpaired) electrons. The molecule has 1 N–H and O–H groups in total. The number of methoxy groups -OCH3 is 1. The van der Waals surface area contributed by atoms with Crippen molar-refractivity contribution in [3.63, 3.8) is 0 Å². The third kappa shape index (κ3) is 4.32. The quantitative estimate of drug-likeness (QED) is 0.748. The Bertz CT molecular complexity index is 624. The van der Waals surface area contributed by atoms with Crippen LogP contribution in [-0.2, 0) is 11.3 Å². The highest BCUT2D eigenvalue weighted by molar-refractivity contribution is 7.19. The van der Waals surface area contributed by atoms with Gasteiger partial charge in [-0.3, -0.25) is 9.48 Å². The number of halogens is 1. The van der Waals surface area contributed by atoms with Crippen molar-refractivity contribution in [1.29, 1.82) is 0 Å². The van der Waals surface area contributed by atoms with Crippen molar-refractivity contribution in [2.45, 2.75) is 26.3 Å². The van der Waals surface area contributed by atoms with Crippen molar-refractivity contribution >= 4 is 28.8 Å². The van der Waals surface area contributed by atoms with Crippen molar-refractivity contribution < 1.29 is 9.53 Å². The average Bonchev–Trinajstić information content (AvgIpc) is 3.10. The van der Waals surface area contributed by atoms with Crippen molar-refractivity contribution in [2.24, 2.45) is 0 Å². The molecule has 0 fully saturated rings. The molecule has 0 bridgehead atoms. The maximum absolute atomic E-state index is 12.2. The molecular formula is C15H20ClN3O2S. The number of ether oxygens (including phenoxy) is 1.